The summed E-state index contributed by atoms with van der Waals surface area (Å²) in [5.41, 5.74) is 5.69. The molecule has 0 aliphatic carbocycles. The van der Waals surface area contributed by atoms with Crippen molar-refractivity contribution in [3.05, 3.63) is 42.5 Å². The van der Waals surface area contributed by atoms with E-state index in [0.29, 0.717) is 0 Å². The molecule has 11 heteroatoms. The number of azide groups is 1. The number of ether oxygens (including phenoxy) is 1. The summed E-state index contributed by atoms with van der Waals surface area (Å²) in [5.74, 6) is 0. The molecule has 0 aromatic carbocycles. The van der Waals surface area contributed by atoms with E-state index in [1.807, 2.05) is 27.6 Å². The van der Waals surface area contributed by atoms with Crippen LogP contribution in [0.5, 0.6) is 0 Å². The molecule has 1 aliphatic heterocycles. The quantitative estimate of drug-likeness (QED) is 0.250. The van der Waals surface area contributed by atoms with Gasteiger partial charge in [-0.2, -0.15) is 0 Å². The van der Waals surface area contributed by atoms with Gasteiger partial charge in [-0.3, -0.25) is 14.3 Å². The number of halogens is 2. The maximum atomic E-state index is 11.7. The molecule has 0 radical (unpaired) electrons. The van der Waals surface area contributed by atoms with E-state index in [-0.39, 0.29) is 15.9 Å². The number of hydrogen-bond acceptors (Lipinski definition) is 5. The van der Waals surface area contributed by atoms with Gasteiger partial charge in [0.1, 0.15) is 11.3 Å². The van der Waals surface area contributed by atoms with Crippen LogP contribution in [0.1, 0.15) is 12.6 Å². The summed E-state index contributed by atoms with van der Waals surface area (Å²) in [6.45, 7) is 0. The molecule has 3 atom stereocenters. The number of nitrogens with one attached hydrogen (secondary N) is 1. The third kappa shape index (κ3) is 2.56. The first kappa shape index (κ1) is 15.3. The highest BCUT2D eigenvalue weighted by atomic mass is 127. The first-order chi connectivity index (χ1) is 9.43. The second kappa shape index (κ2) is 5.74. The second-order valence-electron chi connectivity index (χ2n) is 4.14. The summed E-state index contributed by atoms with van der Waals surface area (Å²) in [7, 11) is 0. The van der Waals surface area contributed by atoms with Crippen molar-refractivity contribution < 1.29 is 9.84 Å². The van der Waals surface area contributed by atoms with Crippen LogP contribution in [0.3, 0.4) is 0 Å². The molecule has 20 heavy (non-hydrogen) atoms. The molecule has 0 spiro atoms. The van der Waals surface area contributed by atoms with Crippen LogP contribution in [-0.4, -0.2) is 30.9 Å². The van der Waals surface area contributed by atoms with Gasteiger partial charge in [0.2, 0.25) is 0 Å². The molecule has 108 valence electrons. The Hall–Kier alpha value is -1.07. The van der Waals surface area contributed by atoms with E-state index >= 15 is 0 Å². The van der Waals surface area contributed by atoms with Gasteiger partial charge in [-0.1, -0.05) is 39.3 Å². The number of aromatic nitrogens is 2. The molecule has 1 saturated heterocycles. The van der Waals surface area contributed by atoms with Crippen LogP contribution in [0, 0.1) is 0 Å². The summed E-state index contributed by atoms with van der Waals surface area (Å²) < 4.78 is 6.77. The van der Waals surface area contributed by atoms with Crippen molar-refractivity contribution >= 4 is 34.2 Å². The van der Waals surface area contributed by atoms with E-state index < -0.39 is 29.3 Å². The first-order valence-corrected chi connectivity index (χ1v) is 7.33. The van der Waals surface area contributed by atoms with Gasteiger partial charge in [0.15, 0.2) is 5.72 Å². The summed E-state index contributed by atoms with van der Waals surface area (Å²) in [4.78, 5) is 27.6. The zero-order valence-corrected chi connectivity index (χ0v) is 12.8. The Labute approximate surface area is 130 Å². The first-order valence-electron chi connectivity index (χ1n) is 5.42. The Bertz CT molecular complexity index is 684. The highest BCUT2D eigenvalue weighted by molar-refractivity contribution is 14.1. The number of aromatic amines is 1. The van der Waals surface area contributed by atoms with Crippen molar-refractivity contribution in [3.63, 3.8) is 0 Å². The third-order valence-corrected chi connectivity index (χ3v) is 4.29. The lowest BCUT2D eigenvalue weighted by Crippen LogP contribution is -2.39. The minimum absolute atomic E-state index is 0.0320. The molecule has 9 nitrogen and oxygen atoms in total. The predicted octanol–water partition coefficient (Wildman–Crippen LogP) is 0.911. The number of H-pyrrole nitrogens is 1. The lowest BCUT2D eigenvalue weighted by molar-refractivity contribution is -0.0819. The standard InChI is InChI=1S/C9H9ClIN5O4/c10-4-2-16(8(19)13-7(4)18)6-1-5(17)9(3-11,20-6)14-15-12/h2,5-6,17H,1,3H2,(H,13,18,19)/t5-,6-,9+/m0/s1. The zero-order valence-electron chi connectivity index (χ0n) is 9.86. The SMILES string of the molecule is [N-]=[N+]=N[C@]1(CI)O[C@H](n2cc(Cl)c(=O)[nH]c2=O)C[C@@H]1O. The number of alkyl halides is 1. The van der Waals surface area contributed by atoms with Gasteiger partial charge in [0.05, 0.1) is 6.10 Å². The molecule has 0 bridgehead atoms. The molecule has 1 fully saturated rings. The van der Waals surface area contributed by atoms with E-state index in [1.165, 1.54) is 0 Å². The van der Waals surface area contributed by atoms with Gasteiger partial charge in [-0.05, 0) is 5.53 Å². The van der Waals surface area contributed by atoms with E-state index in [1.54, 1.807) is 0 Å². The number of nitrogens with zero attached hydrogens (tertiary/aromatic N) is 4. The van der Waals surface area contributed by atoms with E-state index in [4.69, 9.17) is 21.9 Å². The average Bonchev–Trinajstić information content (AvgIpc) is 2.72. The van der Waals surface area contributed by atoms with E-state index in [0.717, 1.165) is 10.8 Å². The third-order valence-electron chi connectivity index (χ3n) is 2.93. The van der Waals surface area contributed by atoms with Crippen LogP contribution in [0.25, 0.3) is 10.4 Å². The van der Waals surface area contributed by atoms with Crippen LogP contribution in [-0.2, 0) is 4.74 Å². The molecular weight excluding hydrogens is 404 g/mol. The molecule has 2 N–H and O–H groups in total. The zero-order chi connectivity index (χ0) is 14.9. The monoisotopic (exact) mass is 413 g/mol. The maximum absolute atomic E-state index is 11.7. The lowest BCUT2D eigenvalue weighted by Gasteiger charge is -2.24. The van der Waals surface area contributed by atoms with E-state index in [9.17, 15) is 14.7 Å². The van der Waals surface area contributed by atoms with Crippen LogP contribution >= 0.6 is 34.2 Å². The van der Waals surface area contributed by atoms with Gasteiger partial charge < -0.3 is 9.84 Å². The van der Waals surface area contributed by atoms with Gasteiger partial charge in [-0.15, -0.1) is 0 Å². The molecule has 0 amide bonds. The Kier molecular flexibility index (Phi) is 4.39. The molecule has 2 heterocycles. The van der Waals surface area contributed by atoms with Crippen molar-refractivity contribution in [3.8, 4) is 0 Å². The van der Waals surface area contributed by atoms with Crippen molar-refractivity contribution in [2.45, 2.75) is 24.5 Å². The van der Waals surface area contributed by atoms with Crippen LogP contribution < -0.4 is 11.2 Å². The van der Waals surface area contributed by atoms with Gasteiger partial charge >= 0.3 is 5.69 Å². The normalized spacial score (nSPS) is 29.1. The number of hydrogen-bond donors (Lipinski definition) is 2. The number of aliphatic hydroxyl groups excluding tert-OH is 1. The molecular formula is C9H9ClIN5O4. The highest BCUT2D eigenvalue weighted by Gasteiger charge is 2.48. The molecule has 1 aromatic rings. The molecule has 0 unspecified atom stereocenters. The van der Waals surface area contributed by atoms with Crippen molar-refractivity contribution in [2.75, 3.05) is 4.43 Å². The fourth-order valence-corrected chi connectivity index (χ4v) is 2.89. The summed E-state index contributed by atoms with van der Waals surface area (Å²) >= 11 is 7.57. The minimum atomic E-state index is -1.44. The Morgan fingerprint density at radius 1 is 1.75 bits per heavy atom. The van der Waals surface area contributed by atoms with Crippen molar-refractivity contribution in [1.29, 1.82) is 0 Å². The molecule has 2 rings (SSSR count). The second-order valence-corrected chi connectivity index (χ2v) is 5.31. The van der Waals surface area contributed by atoms with Crippen molar-refractivity contribution in [2.24, 2.45) is 5.11 Å². The number of rotatable bonds is 3. The van der Waals surface area contributed by atoms with Gasteiger partial charge in [0.25, 0.3) is 5.56 Å². The van der Waals surface area contributed by atoms with Crippen molar-refractivity contribution in [1.82, 2.24) is 9.55 Å². The molecule has 1 aromatic heterocycles. The average molecular weight is 414 g/mol. The smallest absolute Gasteiger partial charge is 0.330 e. The van der Waals surface area contributed by atoms with Gasteiger partial charge in [0, 0.05) is 22.0 Å². The Balaban J connectivity index is 2.43. The minimum Gasteiger partial charge on any atom is -0.390 e. The van der Waals surface area contributed by atoms with Gasteiger partial charge in [-0.25, -0.2) is 4.79 Å². The topological polar surface area (TPSA) is 133 Å². The van der Waals surface area contributed by atoms with Crippen LogP contribution in [0.4, 0.5) is 0 Å². The van der Waals surface area contributed by atoms with Crippen LogP contribution in [0.15, 0.2) is 20.9 Å². The fourth-order valence-electron chi connectivity index (χ4n) is 1.90. The van der Waals surface area contributed by atoms with Crippen LogP contribution in [0.2, 0.25) is 5.02 Å². The Morgan fingerprint density at radius 2 is 2.45 bits per heavy atom. The maximum Gasteiger partial charge on any atom is 0.330 e. The lowest BCUT2D eigenvalue weighted by atomic mass is 10.1. The number of aliphatic hydroxyl groups is 1. The molecule has 1 aliphatic rings. The largest absolute Gasteiger partial charge is 0.390 e. The van der Waals surface area contributed by atoms with E-state index in [2.05, 4.69) is 10.0 Å². The summed E-state index contributed by atoms with van der Waals surface area (Å²) in [6.07, 6.45) is -0.797. The predicted molar refractivity (Wildman–Crippen MR) is 77.8 cm³/mol. The Morgan fingerprint density at radius 3 is 3.05 bits per heavy atom. The highest BCUT2D eigenvalue weighted by Crippen LogP contribution is 2.38. The fraction of sp³-hybridized carbons (Fsp3) is 0.556. The summed E-state index contributed by atoms with van der Waals surface area (Å²) in [5, 5.41) is 13.3. The molecule has 0 saturated carbocycles. The summed E-state index contributed by atoms with van der Waals surface area (Å²) in [6, 6.07) is 0.